The maximum absolute atomic E-state index is 5.52. The Bertz CT molecular complexity index is 151. The van der Waals surface area contributed by atoms with E-state index in [0.717, 1.165) is 18.4 Å². The van der Waals surface area contributed by atoms with Crippen molar-refractivity contribution in [2.24, 2.45) is 11.8 Å². The van der Waals surface area contributed by atoms with Crippen LogP contribution in [0.25, 0.3) is 0 Å². The molecule has 0 aromatic rings. The second kappa shape index (κ2) is 7.24. The van der Waals surface area contributed by atoms with Crippen molar-refractivity contribution in [3.63, 3.8) is 0 Å². The molecular weight excluding hydrogens is 188 g/mol. The van der Waals surface area contributed by atoms with Crippen LogP contribution in [-0.2, 0) is 9.47 Å². The predicted molar refractivity (Wildman–Crippen MR) is 62.8 cm³/mol. The van der Waals surface area contributed by atoms with Gasteiger partial charge in [-0.2, -0.15) is 0 Å². The first kappa shape index (κ1) is 13.0. The molecule has 1 atom stereocenters. The normalized spacial score (nSPS) is 29.0. The smallest absolute Gasteiger partial charge is 0.154 e. The maximum atomic E-state index is 5.52. The molecule has 0 spiro atoms. The van der Waals surface area contributed by atoms with E-state index in [0.29, 0.717) is 0 Å². The molecule has 2 heteroatoms. The Balaban J connectivity index is 2.03. The SMILES string of the molecule is CCC1CCC(CCOC(C)OC)CC1. The van der Waals surface area contributed by atoms with Crippen LogP contribution in [0.15, 0.2) is 0 Å². The van der Waals surface area contributed by atoms with E-state index in [1.54, 1.807) is 7.11 Å². The molecule has 0 saturated heterocycles. The summed E-state index contributed by atoms with van der Waals surface area (Å²) in [6.45, 7) is 5.12. The Morgan fingerprint density at radius 3 is 2.27 bits per heavy atom. The van der Waals surface area contributed by atoms with Crippen molar-refractivity contribution < 1.29 is 9.47 Å². The summed E-state index contributed by atoms with van der Waals surface area (Å²) in [4.78, 5) is 0. The molecule has 1 fully saturated rings. The summed E-state index contributed by atoms with van der Waals surface area (Å²) in [5.41, 5.74) is 0. The van der Waals surface area contributed by atoms with Gasteiger partial charge in [0.2, 0.25) is 0 Å². The van der Waals surface area contributed by atoms with E-state index in [2.05, 4.69) is 6.92 Å². The van der Waals surface area contributed by atoms with Crippen molar-refractivity contribution in [2.45, 2.75) is 58.7 Å². The first-order valence-corrected chi connectivity index (χ1v) is 6.40. The fourth-order valence-electron chi connectivity index (χ4n) is 2.40. The summed E-state index contributed by atoms with van der Waals surface area (Å²) in [6, 6.07) is 0. The Kier molecular flexibility index (Phi) is 6.26. The Labute approximate surface area is 94.3 Å². The molecule has 90 valence electrons. The lowest BCUT2D eigenvalue weighted by Crippen LogP contribution is -2.18. The highest BCUT2D eigenvalue weighted by atomic mass is 16.7. The summed E-state index contributed by atoms with van der Waals surface area (Å²) >= 11 is 0. The van der Waals surface area contributed by atoms with Crippen LogP contribution in [-0.4, -0.2) is 20.0 Å². The van der Waals surface area contributed by atoms with Gasteiger partial charge in [-0.05, 0) is 25.2 Å². The summed E-state index contributed by atoms with van der Waals surface area (Å²) in [5, 5.41) is 0. The third-order valence-electron chi connectivity index (χ3n) is 3.75. The Hall–Kier alpha value is -0.0800. The molecule has 0 aliphatic heterocycles. The third-order valence-corrected chi connectivity index (χ3v) is 3.75. The van der Waals surface area contributed by atoms with Gasteiger partial charge in [0.05, 0.1) is 0 Å². The zero-order chi connectivity index (χ0) is 11.1. The van der Waals surface area contributed by atoms with Crippen molar-refractivity contribution in [1.82, 2.24) is 0 Å². The summed E-state index contributed by atoms with van der Waals surface area (Å²) in [6.07, 6.45) is 8.21. The average molecular weight is 214 g/mol. The molecule has 0 amide bonds. The van der Waals surface area contributed by atoms with Crippen LogP contribution >= 0.6 is 0 Å². The molecule has 15 heavy (non-hydrogen) atoms. The fourth-order valence-corrected chi connectivity index (χ4v) is 2.40. The molecule has 2 nitrogen and oxygen atoms in total. The van der Waals surface area contributed by atoms with E-state index in [1.165, 1.54) is 38.5 Å². The number of ether oxygens (including phenoxy) is 2. The van der Waals surface area contributed by atoms with E-state index in [9.17, 15) is 0 Å². The number of hydrogen-bond acceptors (Lipinski definition) is 2. The van der Waals surface area contributed by atoms with E-state index < -0.39 is 0 Å². The fraction of sp³-hybridized carbons (Fsp3) is 1.00. The van der Waals surface area contributed by atoms with Gasteiger partial charge in [0.25, 0.3) is 0 Å². The van der Waals surface area contributed by atoms with Gasteiger partial charge in [-0.1, -0.05) is 39.0 Å². The second-order valence-electron chi connectivity index (χ2n) is 4.76. The van der Waals surface area contributed by atoms with E-state index in [-0.39, 0.29) is 6.29 Å². The topological polar surface area (TPSA) is 18.5 Å². The first-order chi connectivity index (χ1) is 7.26. The molecular formula is C13H26O2. The van der Waals surface area contributed by atoms with Crippen LogP contribution < -0.4 is 0 Å². The van der Waals surface area contributed by atoms with E-state index in [1.807, 2.05) is 6.92 Å². The number of rotatable bonds is 6. The summed E-state index contributed by atoms with van der Waals surface area (Å²) < 4.78 is 10.6. The van der Waals surface area contributed by atoms with Crippen molar-refractivity contribution in [3.05, 3.63) is 0 Å². The lowest BCUT2D eigenvalue weighted by atomic mass is 9.80. The first-order valence-electron chi connectivity index (χ1n) is 6.40. The van der Waals surface area contributed by atoms with Crippen LogP contribution in [0.5, 0.6) is 0 Å². The standard InChI is InChI=1S/C13H26O2/c1-4-12-5-7-13(8-6-12)9-10-15-11(2)14-3/h11-13H,4-10H2,1-3H3. The third kappa shape index (κ3) is 4.98. The summed E-state index contributed by atoms with van der Waals surface area (Å²) in [7, 11) is 1.69. The van der Waals surface area contributed by atoms with Gasteiger partial charge in [0, 0.05) is 13.7 Å². The molecule has 0 radical (unpaired) electrons. The monoisotopic (exact) mass is 214 g/mol. The van der Waals surface area contributed by atoms with Crippen LogP contribution in [0.2, 0.25) is 0 Å². The van der Waals surface area contributed by atoms with Gasteiger partial charge in [0.15, 0.2) is 6.29 Å². The molecule has 1 rings (SSSR count). The molecule has 1 aliphatic carbocycles. The zero-order valence-electron chi connectivity index (χ0n) is 10.5. The Morgan fingerprint density at radius 1 is 1.13 bits per heavy atom. The molecule has 0 aromatic carbocycles. The van der Waals surface area contributed by atoms with Gasteiger partial charge in [-0.3, -0.25) is 0 Å². The predicted octanol–water partition coefficient (Wildman–Crippen LogP) is 3.60. The minimum Gasteiger partial charge on any atom is -0.356 e. The number of methoxy groups -OCH3 is 1. The van der Waals surface area contributed by atoms with Crippen LogP contribution in [0.4, 0.5) is 0 Å². The van der Waals surface area contributed by atoms with Crippen molar-refractivity contribution >= 4 is 0 Å². The van der Waals surface area contributed by atoms with Gasteiger partial charge in [-0.25, -0.2) is 0 Å². The lowest BCUT2D eigenvalue weighted by molar-refractivity contribution is -0.114. The maximum Gasteiger partial charge on any atom is 0.154 e. The van der Waals surface area contributed by atoms with E-state index in [4.69, 9.17) is 9.47 Å². The van der Waals surface area contributed by atoms with Gasteiger partial charge >= 0.3 is 0 Å². The van der Waals surface area contributed by atoms with Gasteiger partial charge in [0.1, 0.15) is 0 Å². The molecule has 0 aromatic heterocycles. The van der Waals surface area contributed by atoms with Crippen molar-refractivity contribution in [3.8, 4) is 0 Å². The molecule has 1 unspecified atom stereocenters. The van der Waals surface area contributed by atoms with Crippen LogP contribution in [0.1, 0.15) is 52.4 Å². The number of hydrogen-bond donors (Lipinski definition) is 0. The highest BCUT2D eigenvalue weighted by Gasteiger charge is 2.19. The zero-order valence-corrected chi connectivity index (χ0v) is 10.5. The molecule has 0 N–H and O–H groups in total. The van der Waals surface area contributed by atoms with E-state index >= 15 is 0 Å². The van der Waals surface area contributed by atoms with Crippen LogP contribution in [0, 0.1) is 11.8 Å². The van der Waals surface area contributed by atoms with Gasteiger partial charge in [-0.15, -0.1) is 0 Å². The van der Waals surface area contributed by atoms with Crippen molar-refractivity contribution in [1.29, 1.82) is 0 Å². The van der Waals surface area contributed by atoms with Crippen molar-refractivity contribution in [2.75, 3.05) is 13.7 Å². The summed E-state index contributed by atoms with van der Waals surface area (Å²) in [5.74, 6) is 1.90. The second-order valence-corrected chi connectivity index (χ2v) is 4.76. The Morgan fingerprint density at radius 2 is 1.73 bits per heavy atom. The minimum atomic E-state index is -0.0445. The highest BCUT2D eigenvalue weighted by Crippen LogP contribution is 2.32. The highest BCUT2D eigenvalue weighted by molar-refractivity contribution is 4.71. The minimum absolute atomic E-state index is 0.0445. The quantitative estimate of drug-likeness (QED) is 0.629. The molecule has 0 heterocycles. The molecule has 1 saturated carbocycles. The van der Waals surface area contributed by atoms with Gasteiger partial charge < -0.3 is 9.47 Å². The molecule has 0 bridgehead atoms. The lowest BCUT2D eigenvalue weighted by Gasteiger charge is -2.27. The molecule has 1 aliphatic rings. The average Bonchev–Trinajstić information content (AvgIpc) is 2.29. The van der Waals surface area contributed by atoms with Crippen LogP contribution in [0.3, 0.4) is 0 Å². The largest absolute Gasteiger partial charge is 0.356 e.